The number of benzene rings is 2. The van der Waals surface area contributed by atoms with Crippen molar-refractivity contribution in [3.05, 3.63) is 93.7 Å². The molecule has 0 bridgehead atoms. The molecule has 1 saturated carbocycles. The summed E-state index contributed by atoms with van der Waals surface area (Å²) in [6, 6.07) is 21.7. The van der Waals surface area contributed by atoms with Crippen molar-refractivity contribution in [1.29, 1.82) is 0 Å². The lowest BCUT2D eigenvalue weighted by atomic mass is 10.1. The zero-order chi connectivity index (χ0) is 21.6. The van der Waals surface area contributed by atoms with Gasteiger partial charge in [0.25, 0.3) is 5.91 Å². The highest BCUT2D eigenvalue weighted by molar-refractivity contribution is 7.09. The average molecular weight is 433 g/mol. The van der Waals surface area contributed by atoms with Gasteiger partial charge in [0.1, 0.15) is 6.54 Å². The molecule has 0 N–H and O–H groups in total. The second kappa shape index (κ2) is 9.92. The van der Waals surface area contributed by atoms with Gasteiger partial charge in [-0.05, 0) is 54.8 Å². The predicted molar refractivity (Wildman–Crippen MR) is 125 cm³/mol. The fourth-order valence-corrected chi connectivity index (χ4v) is 4.32. The topological polar surface area (TPSA) is 40.6 Å². The molecule has 4 rings (SSSR count). The maximum atomic E-state index is 13.4. The van der Waals surface area contributed by atoms with E-state index < -0.39 is 0 Å². The Hall–Kier alpha value is -2.92. The number of carbonyl (C=O) groups is 2. The van der Waals surface area contributed by atoms with E-state index in [-0.39, 0.29) is 18.4 Å². The van der Waals surface area contributed by atoms with E-state index in [0.717, 1.165) is 28.8 Å². The molecule has 1 fully saturated rings. The van der Waals surface area contributed by atoms with Crippen LogP contribution in [0.5, 0.6) is 0 Å². The van der Waals surface area contributed by atoms with Gasteiger partial charge >= 0.3 is 0 Å². The van der Waals surface area contributed by atoms with Crippen LogP contribution in [0.3, 0.4) is 0 Å². The van der Waals surface area contributed by atoms with Crippen molar-refractivity contribution < 1.29 is 9.59 Å². The molecule has 4 nitrogen and oxygen atoms in total. The van der Waals surface area contributed by atoms with Gasteiger partial charge in [-0.25, -0.2) is 0 Å². The van der Waals surface area contributed by atoms with Crippen molar-refractivity contribution in [3.8, 4) is 0 Å². The molecule has 2 amide bonds. The van der Waals surface area contributed by atoms with Gasteiger partial charge in [-0.15, -0.1) is 11.3 Å². The first-order valence-corrected chi connectivity index (χ1v) is 11.7. The summed E-state index contributed by atoms with van der Waals surface area (Å²) in [4.78, 5) is 31.4. The summed E-state index contributed by atoms with van der Waals surface area (Å²) in [6.07, 6.45) is 2.27. The fourth-order valence-electron chi connectivity index (χ4n) is 3.60. The molecule has 1 aliphatic rings. The van der Waals surface area contributed by atoms with Crippen molar-refractivity contribution in [2.75, 3.05) is 13.1 Å². The highest BCUT2D eigenvalue weighted by Crippen LogP contribution is 2.30. The van der Waals surface area contributed by atoms with Gasteiger partial charge in [-0.1, -0.05) is 54.1 Å². The monoisotopic (exact) mass is 432 g/mol. The number of nitrogens with zero attached hydrogens (tertiary/aromatic N) is 2. The highest BCUT2D eigenvalue weighted by Gasteiger charge is 2.29. The van der Waals surface area contributed by atoms with Gasteiger partial charge in [-0.2, -0.15) is 0 Å². The first-order valence-electron chi connectivity index (χ1n) is 10.8. The number of hydrogen-bond donors (Lipinski definition) is 0. The van der Waals surface area contributed by atoms with Crippen molar-refractivity contribution in [3.63, 3.8) is 0 Å². The summed E-state index contributed by atoms with van der Waals surface area (Å²) in [5.41, 5.74) is 2.85. The summed E-state index contributed by atoms with van der Waals surface area (Å²) in [6.45, 7) is 3.86. The molecule has 3 aromatic rings. The van der Waals surface area contributed by atoms with E-state index in [0.29, 0.717) is 31.1 Å². The van der Waals surface area contributed by atoms with Crippen LogP contribution < -0.4 is 0 Å². The second-order valence-corrected chi connectivity index (χ2v) is 9.34. The minimum Gasteiger partial charge on any atom is -0.332 e. The smallest absolute Gasteiger partial charge is 0.254 e. The predicted octanol–water partition coefficient (Wildman–Crippen LogP) is 5.14. The normalized spacial score (nSPS) is 13.1. The van der Waals surface area contributed by atoms with Crippen LogP contribution in [0.4, 0.5) is 0 Å². The van der Waals surface area contributed by atoms with E-state index in [1.807, 2.05) is 77.9 Å². The van der Waals surface area contributed by atoms with Crippen LogP contribution in [0.25, 0.3) is 0 Å². The standard InChI is InChI=1S/C26H28N2O2S/c1-20-9-13-23(14-10-20)26(30)28(17-22-11-12-22)19-25(29)27(18-24-8-5-15-31-24)16-21-6-3-2-4-7-21/h2-10,13-15,22H,11-12,16-19H2,1H3. The third-order valence-electron chi connectivity index (χ3n) is 5.58. The van der Waals surface area contributed by atoms with Crippen LogP contribution in [0, 0.1) is 12.8 Å². The van der Waals surface area contributed by atoms with Gasteiger partial charge in [0.15, 0.2) is 0 Å². The number of thiophene rings is 1. The van der Waals surface area contributed by atoms with E-state index >= 15 is 0 Å². The molecule has 0 saturated heterocycles. The van der Waals surface area contributed by atoms with Crippen molar-refractivity contribution in [2.24, 2.45) is 5.92 Å². The molecule has 0 unspecified atom stereocenters. The average Bonchev–Trinajstić information content (AvgIpc) is 3.45. The van der Waals surface area contributed by atoms with Crippen molar-refractivity contribution in [1.82, 2.24) is 9.80 Å². The molecule has 0 atom stereocenters. The summed E-state index contributed by atoms with van der Waals surface area (Å²) in [7, 11) is 0. The molecule has 0 radical (unpaired) electrons. The van der Waals surface area contributed by atoms with Crippen LogP contribution in [0.1, 0.15) is 39.2 Å². The quantitative estimate of drug-likeness (QED) is 0.470. The van der Waals surface area contributed by atoms with Crippen LogP contribution in [-0.4, -0.2) is 34.7 Å². The molecule has 1 aromatic heterocycles. The Morgan fingerprint density at radius 3 is 2.29 bits per heavy atom. The maximum absolute atomic E-state index is 13.4. The van der Waals surface area contributed by atoms with Crippen molar-refractivity contribution in [2.45, 2.75) is 32.9 Å². The summed E-state index contributed by atoms with van der Waals surface area (Å²) < 4.78 is 0. The van der Waals surface area contributed by atoms with Crippen LogP contribution in [-0.2, 0) is 17.9 Å². The third-order valence-corrected chi connectivity index (χ3v) is 6.44. The van der Waals surface area contributed by atoms with Gasteiger partial charge in [-0.3, -0.25) is 9.59 Å². The summed E-state index contributed by atoms with van der Waals surface area (Å²) >= 11 is 1.65. The molecule has 31 heavy (non-hydrogen) atoms. The van der Waals surface area contributed by atoms with Crippen LogP contribution >= 0.6 is 11.3 Å². The Bertz CT molecular complexity index is 996. The molecule has 0 spiro atoms. The van der Waals surface area contributed by atoms with E-state index in [1.54, 1.807) is 16.2 Å². The van der Waals surface area contributed by atoms with Gasteiger partial charge < -0.3 is 9.80 Å². The molecular weight excluding hydrogens is 404 g/mol. The molecule has 5 heteroatoms. The lowest BCUT2D eigenvalue weighted by Gasteiger charge is -2.28. The SMILES string of the molecule is Cc1ccc(C(=O)N(CC(=O)N(Cc2ccccc2)Cc2cccs2)CC2CC2)cc1. The minimum atomic E-state index is -0.0592. The maximum Gasteiger partial charge on any atom is 0.254 e. The lowest BCUT2D eigenvalue weighted by Crippen LogP contribution is -2.43. The zero-order valence-electron chi connectivity index (χ0n) is 17.9. The Balaban J connectivity index is 1.51. The first kappa shape index (κ1) is 21.3. The third kappa shape index (κ3) is 6.05. The highest BCUT2D eigenvalue weighted by atomic mass is 32.1. The minimum absolute atomic E-state index is 0.0154. The van der Waals surface area contributed by atoms with Crippen LogP contribution in [0.2, 0.25) is 0 Å². The number of hydrogen-bond acceptors (Lipinski definition) is 3. The van der Waals surface area contributed by atoms with Gasteiger partial charge in [0.05, 0.1) is 6.54 Å². The number of carbonyl (C=O) groups excluding carboxylic acids is 2. The van der Waals surface area contributed by atoms with E-state index in [4.69, 9.17) is 0 Å². The number of amides is 2. The second-order valence-electron chi connectivity index (χ2n) is 8.31. The first-order chi connectivity index (χ1) is 15.1. The Labute approximate surface area is 188 Å². The van der Waals surface area contributed by atoms with Crippen molar-refractivity contribution >= 4 is 23.2 Å². The molecule has 2 aromatic carbocycles. The van der Waals surface area contributed by atoms with E-state index in [2.05, 4.69) is 6.07 Å². The summed E-state index contributed by atoms with van der Waals surface area (Å²) in [5, 5.41) is 2.03. The van der Waals surface area contributed by atoms with Gasteiger partial charge in [0.2, 0.25) is 5.91 Å². The Kier molecular flexibility index (Phi) is 6.82. The van der Waals surface area contributed by atoms with E-state index in [1.165, 1.54) is 0 Å². The largest absolute Gasteiger partial charge is 0.332 e. The van der Waals surface area contributed by atoms with Crippen LogP contribution in [0.15, 0.2) is 72.1 Å². The zero-order valence-corrected chi connectivity index (χ0v) is 18.7. The van der Waals surface area contributed by atoms with E-state index in [9.17, 15) is 9.59 Å². The molecule has 160 valence electrons. The molecule has 1 aliphatic carbocycles. The number of rotatable bonds is 9. The Morgan fingerprint density at radius 1 is 0.903 bits per heavy atom. The fraction of sp³-hybridized carbons (Fsp3) is 0.308. The lowest BCUT2D eigenvalue weighted by molar-refractivity contribution is -0.133. The Morgan fingerprint density at radius 2 is 1.65 bits per heavy atom. The number of aryl methyl sites for hydroxylation is 1. The molecule has 0 aliphatic heterocycles. The molecular formula is C26H28N2O2S. The van der Waals surface area contributed by atoms with Gasteiger partial charge in [0, 0.05) is 23.5 Å². The summed E-state index contributed by atoms with van der Waals surface area (Å²) in [5.74, 6) is 0.441. The molecule has 1 heterocycles.